The van der Waals surface area contributed by atoms with Gasteiger partial charge in [-0.1, -0.05) is 0 Å². The molecule has 0 amide bonds. The molecular formula is C7H12N4O. The molecule has 0 aromatic carbocycles. The Hall–Kier alpha value is -0.940. The van der Waals surface area contributed by atoms with E-state index >= 15 is 0 Å². The molecule has 3 N–H and O–H groups in total. The van der Waals surface area contributed by atoms with Gasteiger partial charge in [0.25, 0.3) is 0 Å². The molecule has 0 bridgehead atoms. The third kappa shape index (κ3) is 1.33. The molecule has 2 heterocycles. The van der Waals surface area contributed by atoms with Crippen molar-refractivity contribution in [2.75, 3.05) is 6.61 Å². The van der Waals surface area contributed by atoms with E-state index in [-0.39, 0.29) is 6.10 Å². The van der Waals surface area contributed by atoms with Crippen molar-refractivity contribution in [3.63, 3.8) is 0 Å². The van der Waals surface area contributed by atoms with Gasteiger partial charge in [0.2, 0.25) is 0 Å². The molecule has 2 rings (SSSR count). The quantitative estimate of drug-likeness (QED) is 0.657. The minimum atomic E-state index is 0.0848. The van der Waals surface area contributed by atoms with E-state index in [0.29, 0.717) is 6.54 Å². The van der Waals surface area contributed by atoms with E-state index < -0.39 is 0 Å². The lowest BCUT2D eigenvalue weighted by molar-refractivity contribution is 0.105. The first-order chi connectivity index (χ1) is 5.90. The number of hydrogen-bond acceptors (Lipinski definition) is 4. The lowest BCUT2D eigenvalue weighted by Crippen LogP contribution is -2.00. The SMILES string of the molecule is NCc1nc([C@H]2CCCO2)n[nH]1. The highest BCUT2D eigenvalue weighted by atomic mass is 16.5. The van der Waals surface area contributed by atoms with Crippen LogP contribution in [0.5, 0.6) is 0 Å². The number of hydrogen-bond donors (Lipinski definition) is 2. The van der Waals surface area contributed by atoms with Gasteiger partial charge < -0.3 is 10.5 Å². The van der Waals surface area contributed by atoms with Crippen LogP contribution >= 0.6 is 0 Å². The van der Waals surface area contributed by atoms with E-state index in [4.69, 9.17) is 10.5 Å². The number of ether oxygens (including phenoxy) is 1. The maximum atomic E-state index is 5.41. The molecule has 1 fully saturated rings. The van der Waals surface area contributed by atoms with Crippen molar-refractivity contribution < 1.29 is 4.74 Å². The minimum Gasteiger partial charge on any atom is -0.370 e. The van der Waals surface area contributed by atoms with Gasteiger partial charge in [0.1, 0.15) is 11.9 Å². The molecular weight excluding hydrogens is 156 g/mol. The highest BCUT2D eigenvalue weighted by Gasteiger charge is 2.21. The third-order valence-corrected chi connectivity index (χ3v) is 1.96. The Labute approximate surface area is 70.3 Å². The van der Waals surface area contributed by atoms with E-state index in [1.54, 1.807) is 0 Å². The lowest BCUT2D eigenvalue weighted by Gasteiger charge is -2.01. The van der Waals surface area contributed by atoms with Gasteiger partial charge in [0.05, 0.1) is 6.54 Å². The van der Waals surface area contributed by atoms with Gasteiger partial charge in [0.15, 0.2) is 5.82 Å². The number of aromatic amines is 1. The molecule has 0 aliphatic carbocycles. The Morgan fingerprint density at radius 1 is 1.67 bits per heavy atom. The normalized spacial score (nSPS) is 23.2. The largest absolute Gasteiger partial charge is 0.370 e. The zero-order chi connectivity index (χ0) is 8.39. The summed E-state index contributed by atoms with van der Waals surface area (Å²) in [5, 5.41) is 6.79. The lowest BCUT2D eigenvalue weighted by atomic mass is 10.2. The predicted molar refractivity (Wildman–Crippen MR) is 42.2 cm³/mol. The highest BCUT2D eigenvalue weighted by Crippen LogP contribution is 2.25. The molecule has 1 aromatic heterocycles. The molecule has 0 radical (unpaired) electrons. The molecule has 1 aliphatic rings. The summed E-state index contributed by atoms with van der Waals surface area (Å²) in [5.74, 6) is 1.47. The standard InChI is InChI=1S/C7H12N4O/c8-4-6-9-7(11-10-6)5-2-1-3-12-5/h5H,1-4,8H2,(H,9,10,11)/t5-/m1/s1. The molecule has 5 heteroatoms. The fraction of sp³-hybridized carbons (Fsp3) is 0.714. The van der Waals surface area contributed by atoms with Crippen LogP contribution in [0.15, 0.2) is 0 Å². The van der Waals surface area contributed by atoms with E-state index in [9.17, 15) is 0 Å². The van der Waals surface area contributed by atoms with E-state index in [0.717, 1.165) is 31.1 Å². The van der Waals surface area contributed by atoms with Crippen LogP contribution in [-0.4, -0.2) is 21.8 Å². The molecule has 0 unspecified atom stereocenters. The Bertz CT molecular complexity index is 254. The number of nitrogens with two attached hydrogens (primary N) is 1. The van der Waals surface area contributed by atoms with Gasteiger partial charge in [-0.2, -0.15) is 5.10 Å². The molecule has 1 aliphatic heterocycles. The van der Waals surface area contributed by atoms with E-state index in [2.05, 4.69) is 15.2 Å². The maximum absolute atomic E-state index is 5.41. The van der Waals surface area contributed by atoms with Gasteiger partial charge in [-0.15, -0.1) is 0 Å². The average Bonchev–Trinajstić information content (AvgIpc) is 2.75. The molecule has 66 valence electrons. The Morgan fingerprint density at radius 2 is 2.58 bits per heavy atom. The molecule has 1 saturated heterocycles. The zero-order valence-electron chi connectivity index (χ0n) is 6.79. The van der Waals surface area contributed by atoms with Crippen molar-refractivity contribution in [2.24, 2.45) is 5.73 Å². The van der Waals surface area contributed by atoms with Crippen LogP contribution in [-0.2, 0) is 11.3 Å². The first-order valence-corrected chi connectivity index (χ1v) is 4.13. The maximum Gasteiger partial charge on any atom is 0.179 e. The molecule has 12 heavy (non-hydrogen) atoms. The third-order valence-electron chi connectivity index (χ3n) is 1.96. The smallest absolute Gasteiger partial charge is 0.179 e. The molecule has 1 atom stereocenters. The summed E-state index contributed by atoms with van der Waals surface area (Å²) in [7, 11) is 0. The summed E-state index contributed by atoms with van der Waals surface area (Å²) in [5.41, 5.74) is 5.39. The van der Waals surface area contributed by atoms with Crippen molar-refractivity contribution in [1.29, 1.82) is 0 Å². The topological polar surface area (TPSA) is 76.8 Å². The second-order valence-electron chi connectivity index (χ2n) is 2.85. The number of nitrogens with one attached hydrogen (secondary N) is 1. The summed E-state index contributed by atoms with van der Waals surface area (Å²) in [6.45, 7) is 1.22. The van der Waals surface area contributed by atoms with Crippen LogP contribution < -0.4 is 5.73 Å². The fourth-order valence-corrected chi connectivity index (χ4v) is 1.33. The molecule has 1 aromatic rings. The Kier molecular flexibility index (Phi) is 2.05. The van der Waals surface area contributed by atoms with E-state index in [1.165, 1.54) is 0 Å². The average molecular weight is 168 g/mol. The minimum absolute atomic E-state index is 0.0848. The Balaban J connectivity index is 2.11. The van der Waals surface area contributed by atoms with Crippen LogP contribution in [0.1, 0.15) is 30.6 Å². The second kappa shape index (κ2) is 3.20. The predicted octanol–water partition coefficient (Wildman–Crippen LogP) is 0.115. The summed E-state index contributed by atoms with van der Waals surface area (Å²) in [4.78, 5) is 4.19. The second-order valence-corrected chi connectivity index (χ2v) is 2.85. The first-order valence-electron chi connectivity index (χ1n) is 4.13. The van der Waals surface area contributed by atoms with Crippen LogP contribution in [0, 0.1) is 0 Å². The van der Waals surface area contributed by atoms with Crippen LogP contribution in [0.2, 0.25) is 0 Å². The highest BCUT2D eigenvalue weighted by molar-refractivity contribution is 4.95. The van der Waals surface area contributed by atoms with Crippen molar-refractivity contribution in [3.8, 4) is 0 Å². The summed E-state index contributed by atoms with van der Waals surface area (Å²) >= 11 is 0. The van der Waals surface area contributed by atoms with Gasteiger partial charge in [-0.25, -0.2) is 4.98 Å². The molecule has 0 saturated carbocycles. The van der Waals surface area contributed by atoms with Gasteiger partial charge in [-0.05, 0) is 12.8 Å². The molecule has 0 spiro atoms. The van der Waals surface area contributed by atoms with Crippen LogP contribution in [0.4, 0.5) is 0 Å². The Morgan fingerprint density at radius 3 is 3.17 bits per heavy atom. The number of rotatable bonds is 2. The summed E-state index contributed by atoms with van der Waals surface area (Å²) in [6, 6.07) is 0. The van der Waals surface area contributed by atoms with E-state index in [1.807, 2.05) is 0 Å². The monoisotopic (exact) mass is 168 g/mol. The zero-order valence-corrected chi connectivity index (χ0v) is 6.79. The van der Waals surface area contributed by atoms with Crippen LogP contribution in [0.25, 0.3) is 0 Å². The van der Waals surface area contributed by atoms with Crippen LogP contribution in [0.3, 0.4) is 0 Å². The number of nitrogens with zero attached hydrogens (tertiary/aromatic N) is 2. The van der Waals surface area contributed by atoms with Crippen molar-refractivity contribution in [3.05, 3.63) is 11.6 Å². The fourth-order valence-electron chi connectivity index (χ4n) is 1.33. The van der Waals surface area contributed by atoms with Crippen molar-refractivity contribution in [1.82, 2.24) is 15.2 Å². The summed E-state index contributed by atoms with van der Waals surface area (Å²) < 4.78 is 5.41. The van der Waals surface area contributed by atoms with Crippen molar-refractivity contribution in [2.45, 2.75) is 25.5 Å². The van der Waals surface area contributed by atoms with Gasteiger partial charge >= 0.3 is 0 Å². The number of aromatic nitrogens is 3. The number of H-pyrrole nitrogens is 1. The summed E-state index contributed by atoms with van der Waals surface area (Å²) in [6.07, 6.45) is 2.19. The van der Waals surface area contributed by atoms with Gasteiger partial charge in [0, 0.05) is 6.61 Å². The first kappa shape index (κ1) is 7.70. The molecule has 5 nitrogen and oxygen atoms in total. The van der Waals surface area contributed by atoms with Crippen molar-refractivity contribution >= 4 is 0 Å². The van der Waals surface area contributed by atoms with Gasteiger partial charge in [-0.3, -0.25) is 5.10 Å².